The number of likely N-dealkylation sites (tertiary alicyclic amines) is 1. The SMILES string of the molecule is CCCN1C(=O)[C@@H]2[C@@H](c3ccc(O)c(OC)c3)N(c3ccccc3)O[C@H]2C1=O. The zero-order valence-electron chi connectivity index (χ0n) is 15.7. The van der Waals surface area contributed by atoms with Crippen molar-refractivity contribution in [1.82, 2.24) is 4.90 Å². The maximum atomic E-state index is 13.1. The molecule has 2 aliphatic heterocycles. The number of nitrogens with zero attached hydrogens (tertiary/aromatic N) is 2. The average molecular weight is 382 g/mol. The van der Waals surface area contributed by atoms with E-state index in [-0.39, 0.29) is 17.6 Å². The molecule has 7 heteroatoms. The number of fused-ring (bicyclic) bond motifs is 1. The molecule has 7 nitrogen and oxygen atoms in total. The van der Waals surface area contributed by atoms with Crippen LogP contribution in [0.3, 0.4) is 0 Å². The van der Waals surface area contributed by atoms with Crippen LogP contribution in [-0.2, 0) is 14.4 Å². The number of carbonyl (C=O) groups is 2. The van der Waals surface area contributed by atoms with Gasteiger partial charge in [0.2, 0.25) is 5.91 Å². The van der Waals surface area contributed by atoms with Gasteiger partial charge in [-0.3, -0.25) is 19.3 Å². The van der Waals surface area contributed by atoms with Crippen molar-refractivity contribution < 1.29 is 24.3 Å². The van der Waals surface area contributed by atoms with E-state index < -0.39 is 18.1 Å². The summed E-state index contributed by atoms with van der Waals surface area (Å²) in [7, 11) is 1.47. The smallest absolute Gasteiger partial charge is 0.261 e. The minimum atomic E-state index is -0.857. The van der Waals surface area contributed by atoms with E-state index in [4.69, 9.17) is 9.57 Å². The van der Waals surface area contributed by atoms with E-state index in [2.05, 4.69) is 0 Å². The summed E-state index contributed by atoms with van der Waals surface area (Å²) in [5, 5.41) is 11.6. The Labute approximate surface area is 163 Å². The molecule has 2 saturated heterocycles. The standard InChI is InChI=1S/C21H22N2O5/c1-3-11-22-20(25)17-18(13-9-10-15(24)16(12-13)27-2)23(28-19(17)21(22)26)14-7-5-4-6-8-14/h4-10,12,17-19,24H,3,11H2,1-2H3/t17-,18-,19-/m1/s1. The molecule has 0 unspecified atom stereocenters. The molecule has 2 aromatic carbocycles. The Kier molecular flexibility index (Phi) is 4.68. The van der Waals surface area contributed by atoms with Crippen LogP contribution < -0.4 is 9.80 Å². The lowest BCUT2D eigenvalue weighted by atomic mass is 9.90. The quantitative estimate of drug-likeness (QED) is 0.801. The van der Waals surface area contributed by atoms with Crippen LogP contribution in [0.15, 0.2) is 48.5 Å². The number of amides is 2. The highest BCUT2D eigenvalue weighted by Gasteiger charge is 2.59. The van der Waals surface area contributed by atoms with Crippen molar-refractivity contribution in [3.63, 3.8) is 0 Å². The van der Waals surface area contributed by atoms with E-state index >= 15 is 0 Å². The Hall–Kier alpha value is -3.06. The molecule has 146 valence electrons. The van der Waals surface area contributed by atoms with Gasteiger partial charge in [-0.15, -0.1) is 0 Å². The first-order valence-corrected chi connectivity index (χ1v) is 9.30. The summed E-state index contributed by atoms with van der Waals surface area (Å²) in [5.74, 6) is -0.877. The van der Waals surface area contributed by atoms with Crippen molar-refractivity contribution in [2.45, 2.75) is 25.5 Å². The average Bonchev–Trinajstić information content (AvgIpc) is 3.21. The molecule has 2 heterocycles. The van der Waals surface area contributed by atoms with Crippen molar-refractivity contribution in [3.05, 3.63) is 54.1 Å². The van der Waals surface area contributed by atoms with E-state index in [0.717, 1.165) is 11.3 Å². The second-order valence-electron chi connectivity index (χ2n) is 6.92. The number of ether oxygens (including phenoxy) is 1. The number of para-hydroxylation sites is 1. The molecule has 0 saturated carbocycles. The van der Waals surface area contributed by atoms with Crippen LogP contribution >= 0.6 is 0 Å². The van der Waals surface area contributed by atoms with Crippen LogP contribution in [0.4, 0.5) is 5.69 Å². The lowest BCUT2D eigenvalue weighted by Gasteiger charge is -2.29. The fourth-order valence-corrected chi connectivity index (χ4v) is 3.93. The first-order chi connectivity index (χ1) is 13.6. The van der Waals surface area contributed by atoms with Crippen LogP contribution in [0.5, 0.6) is 11.5 Å². The molecule has 2 aliphatic rings. The van der Waals surface area contributed by atoms with Crippen molar-refractivity contribution in [2.24, 2.45) is 5.92 Å². The molecule has 2 aromatic rings. The van der Waals surface area contributed by atoms with E-state index in [0.29, 0.717) is 18.7 Å². The van der Waals surface area contributed by atoms with Crippen LogP contribution in [0, 0.1) is 5.92 Å². The molecule has 0 aromatic heterocycles. The van der Waals surface area contributed by atoms with E-state index in [1.165, 1.54) is 18.1 Å². The molecule has 0 bridgehead atoms. The molecule has 0 spiro atoms. The third kappa shape index (κ3) is 2.79. The summed E-state index contributed by atoms with van der Waals surface area (Å²) in [6.07, 6.45) is -0.166. The minimum Gasteiger partial charge on any atom is -0.504 e. The Balaban J connectivity index is 1.80. The van der Waals surface area contributed by atoms with Gasteiger partial charge in [0.15, 0.2) is 17.6 Å². The number of imide groups is 1. The van der Waals surface area contributed by atoms with Gasteiger partial charge in [0, 0.05) is 6.54 Å². The first kappa shape index (κ1) is 18.3. The third-order valence-electron chi connectivity index (χ3n) is 5.21. The summed E-state index contributed by atoms with van der Waals surface area (Å²) in [6, 6.07) is 13.8. The lowest BCUT2D eigenvalue weighted by Crippen LogP contribution is -2.37. The summed E-state index contributed by atoms with van der Waals surface area (Å²) >= 11 is 0. The molecule has 1 N–H and O–H groups in total. The summed E-state index contributed by atoms with van der Waals surface area (Å²) in [6.45, 7) is 2.30. The number of benzene rings is 2. The Bertz CT molecular complexity index is 901. The number of anilines is 1. The highest BCUT2D eigenvalue weighted by atomic mass is 16.7. The fraction of sp³-hybridized carbons (Fsp3) is 0.333. The topological polar surface area (TPSA) is 79.3 Å². The maximum absolute atomic E-state index is 13.1. The number of methoxy groups -OCH3 is 1. The zero-order valence-corrected chi connectivity index (χ0v) is 15.7. The second kappa shape index (κ2) is 7.16. The van der Waals surface area contributed by atoms with Gasteiger partial charge in [-0.1, -0.05) is 31.2 Å². The molecule has 28 heavy (non-hydrogen) atoms. The van der Waals surface area contributed by atoms with Crippen LogP contribution in [0.25, 0.3) is 0 Å². The molecule has 2 fully saturated rings. The van der Waals surface area contributed by atoms with Gasteiger partial charge in [0.05, 0.1) is 18.8 Å². The highest BCUT2D eigenvalue weighted by Crippen LogP contribution is 2.47. The van der Waals surface area contributed by atoms with Crippen molar-refractivity contribution >= 4 is 17.5 Å². The van der Waals surface area contributed by atoms with Gasteiger partial charge < -0.3 is 9.84 Å². The lowest BCUT2D eigenvalue weighted by molar-refractivity contribution is -0.143. The molecule has 0 radical (unpaired) electrons. The van der Waals surface area contributed by atoms with Gasteiger partial charge >= 0.3 is 0 Å². The van der Waals surface area contributed by atoms with E-state index in [1.807, 2.05) is 37.3 Å². The molecule has 3 atom stereocenters. The number of hydrogen-bond acceptors (Lipinski definition) is 6. The number of phenols is 1. The Morgan fingerprint density at radius 2 is 1.86 bits per heavy atom. The fourth-order valence-electron chi connectivity index (χ4n) is 3.93. The van der Waals surface area contributed by atoms with E-state index in [1.54, 1.807) is 17.2 Å². The predicted octanol–water partition coefficient (Wildman–Crippen LogP) is 2.66. The zero-order chi connectivity index (χ0) is 19.8. The van der Waals surface area contributed by atoms with Crippen LogP contribution in [0.1, 0.15) is 24.9 Å². The third-order valence-corrected chi connectivity index (χ3v) is 5.21. The predicted molar refractivity (Wildman–Crippen MR) is 102 cm³/mol. The summed E-state index contributed by atoms with van der Waals surface area (Å²) < 4.78 is 5.23. The number of rotatable bonds is 5. The molecule has 0 aliphatic carbocycles. The monoisotopic (exact) mass is 382 g/mol. The largest absolute Gasteiger partial charge is 0.504 e. The normalized spacial score (nSPS) is 24.0. The van der Waals surface area contributed by atoms with Gasteiger partial charge in [-0.05, 0) is 36.2 Å². The number of hydroxylamine groups is 1. The van der Waals surface area contributed by atoms with Crippen molar-refractivity contribution in [2.75, 3.05) is 18.7 Å². The number of phenolic OH excluding ortho intramolecular Hbond substituents is 1. The second-order valence-corrected chi connectivity index (χ2v) is 6.92. The van der Waals surface area contributed by atoms with Gasteiger partial charge in [-0.2, -0.15) is 0 Å². The van der Waals surface area contributed by atoms with Gasteiger partial charge in [0.1, 0.15) is 5.92 Å². The number of carbonyl (C=O) groups excluding carboxylic acids is 2. The number of aromatic hydroxyl groups is 1. The van der Waals surface area contributed by atoms with Crippen LogP contribution in [-0.4, -0.2) is 41.6 Å². The van der Waals surface area contributed by atoms with Gasteiger partial charge in [-0.25, -0.2) is 5.06 Å². The molecule has 4 rings (SSSR count). The van der Waals surface area contributed by atoms with Crippen molar-refractivity contribution in [3.8, 4) is 11.5 Å². The molecular weight excluding hydrogens is 360 g/mol. The summed E-state index contributed by atoms with van der Waals surface area (Å²) in [4.78, 5) is 33.2. The summed E-state index contributed by atoms with van der Waals surface area (Å²) in [5.41, 5.74) is 1.47. The van der Waals surface area contributed by atoms with Crippen LogP contribution in [0.2, 0.25) is 0 Å². The van der Waals surface area contributed by atoms with Gasteiger partial charge in [0.25, 0.3) is 5.91 Å². The Morgan fingerprint density at radius 3 is 2.54 bits per heavy atom. The minimum absolute atomic E-state index is 0.00871. The maximum Gasteiger partial charge on any atom is 0.261 e. The van der Waals surface area contributed by atoms with E-state index in [9.17, 15) is 14.7 Å². The molecular formula is C21H22N2O5. The highest BCUT2D eigenvalue weighted by molar-refractivity contribution is 6.07. The first-order valence-electron chi connectivity index (χ1n) is 9.30. The Morgan fingerprint density at radius 1 is 1.11 bits per heavy atom. The number of hydrogen-bond donors (Lipinski definition) is 1. The van der Waals surface area contributed by atoms with Crippen molar-refractivity contribution in [1.29, 1.82) is 0 Å². The molecule has 2 amide bonds.